The van der Waals surface area contributed by atoms with Crippen LogP contribution in [-0.4, -0.2) is 50.5 Å². The highest BCUT2D eigenvalue weighted by molar-refractivity contribution is 7.89. The fourth-order valence-corrected chi connectivity index (χ4v) is 5.60. The van der Waals surface area contributed by atoms with Crippen molar-refractivity contribution in [3.63, 3.8) is 0 Å². The van der Waals surface area contributed by atoms with Crippen molar-refractivity contribution in [1.82, 2.24) is 14.6 Å². The molecule has 2 heterocycles. The summed E-state index contributed by atoms with van der Waals surface area (Å²) in [6.07, 6.45) is 2.39. The lowest BCUT2D eigenvalue weighted by molar-refractivity contribution is -0.118. The minimum atomic E-state index is -3.88. The summed E-state index contributed by atoms with van der Waals surface area (Å²) in [4.78, 5) is 19.9. The van der Waals surface area contributed by atoms with E-state index in [0.717, 1.165) is 31.2 Å². The molecule has 2 N–H and O–H groups in total. The number of ether oxygens (including phenoxy) is 1. The van der Waals surface area contributed by atoms with Gasteiger partial charge in [-0.1, -0.05) is 20.8 Å². The molecule has 1 saturated heterocycles. The molecular weight excluding hydrogens is 448 g/mol. The molecule has 0 aliphatic carbocycles. The van der Waals surface area contributed by atoms with Gasteiger partial charge in [0, 0.05) is 11.9 Å². The third-order valence-corrected chi connectivity index (χ3v) is 7.91. The standard InChI is InChI=1S/C22H32N4O4S2/c1-15(2)20(25-32(28,29)19-7-5-18(30-4)6-8-19)21(27)24-22-23-17(14-31-22)13-26-11-9-16(3)10-12-26/h5-8,14-16,20,25H,9-13H2,1-4H3,(H,23,24,27)/t20-/m0/s1. The minimum Gasteiger partial charge on any atom is -0.497 e. The van der Waals surface area contributed by atoms with E-state index in [4.69, 9.17) is 4.74 Å². The highest BCUT2D eigenvalue weighted by atomic mass is 32.2. The zero-order valence-electron chi connectivity index (χ0n) is 19.0. The SMILES string of the molecule is COc1ccc(S(=O)(=O)N[C@H](C(=O)Nc2nc(CN3CCC(C)CC3)cs2)C(C)C)cc1. The number of rotatable bonds is 9. The number of anilines is 1. The number of nitrogens with one attached hydrogen (secondary N) is 2. The number of hydrogen-bond acceptors (Lipinski definition) is 7. The van der Waals surface area contributed by atoms with Gasteiger partial charge in [-0.25, -0.2) is 13.4 Å². The maximum Gasteiger partial charge on any atom is 0.244 e. The molecule has 0 unspecified atom stereocenters. The summed E-state index contributed by atoms with van der Waals surface area (Å²) in [5, 5.41) is 5.20. The van der Waals surface area contributed by atoms with Crippen molar-refractivity contribution >= 4 is 32.4 Å². The zero-order chi connectivity index (χ0) is 23.3. The number of thiazole rings is 1. The summed E-state index contributed by atoms with van der Waals surface area (Å²) >= 11 is 1.35. The van der Waals surface area contributed by atoms with E-state index in [1.54, 1.807) is 26.0 Å². The molecule has 10 heteroatoms. The molecule has 1 aliphatic heterocycles. The van der Waals surface area contributed by atoms with Crippen LogP contribution in [0, 0.1) is 11.8 Å². The van der Waals surface area contributed by atoms with Crippen molar-refractivity contribution in [2.75, 3.05) is 25.5 Å². The lowest BCUT2D eigenvalue weighted by Crippen LogP contribution is -2.47. The highest BCUT2D eigenvalue weighted by Crippen LogP contribution is 2.22. The Balaban J connectivity index is 1.63. The molecule has 0 spiro atoms. The second-order valence-corrected chi connectivity index (χ2v) is 11.2. The number of hydrogen-bond donors (Lipinski definition) is 2. The molecular formula is C22H32N4O4S2. The highest BCUT2D eigenvalue weighted by Gasteiger charge is 2.29. The van der Waals surface area contributed by atoms with Crippen LogP contribution in [-0.2, 0) is 21.4 Å². The van der Waals surface area contributed by atoms with Crippen molar-refractivity contribution in [3.05, 3.63) is 35.3 Å². The number of carbonyl (C=O) groups is 1. The van der Waals surface area contributed by atoms with E-state index < -0.39 is 22.0 Å². The molecule has 1 atom stereocenters. The van der Waals surface area contributed by atoms with E-state index in [0.29, 0.717) is 10.9 Å². The average Bonchev–Trinajstić information content (AvgIpc) is 3.20. The van der Waals surface area contributed by atoms with E-state index in [9.17, 15) is 13.2 Å². The lowest BCUT2D eigenvalue weighted by Gasteiger charge is -2.29. The predicted molar refractivity (Wildman–Crippen MR) is 126 cm³/mol. The van der Waals surface area contributed by atoms with Gasteiger partial charge < -0.3 is 10.1 Å². The predicted octanol–water partition coefficient (Wildman–Crippen LogP) is 3.33. The lowest BCUT2D eigenvalue weighted by atomic mass is 9.99. The van der Waals surface area contributed by atoms with Gasteiger partial charge in [-0.3, -0.25) is 9.69 Å². The van der Waals surface area contributed by atoms with E-state index in [1.165, 1.54) is 43.4 Å². The fraction of sp³-hybridized carbons (Fsp3) is 0.545. The molecule has 1 fully saturated rings. The van der Waals surface area contributed by atoms with E-state index in [1.807, 2.05) is 5.38 Å². The summed E-state index contributed by atoms with van der Waals surface area (Å²) in [6.45, 7) is 8.75. The molecule has 1 aromatic carbocycles. The number of likely N-dealkylation sites (tertiary alicyclic amines) is 1. The first-order valence-electron chi connectivity index (χ1n) is 10.8. The molecule has 0 bridgehead atoms. The van der Waals surface area contributed by atoms with Crippen molar-refractivity contribution in [2.24, 2.45) is 11.8 Å². The number of carbonyl (C=O) groups excluding carboxylic acids is 1. The van der Waals surface area contributed by atoms with Gasteiger partial charge in [0.25, 0.3) is 0 Å². The molecule has 176 valence electrons. The van der Waals surface area contributed by atoms with Crippen LogP contribution in [0.1, 0.15) is 39.3 Å². The summed E-state index contributed by atoms with van der Waals surface area (Å²) in [6, 6.07) is 5.10. The van der Waals surface area contributed by atoms with Crippen LogP contribution >= 0.6 is 11.3 Å². The largest absolute Gasteiger partial charge is 0.497 e. The Hall–Kier alpha value is -2.01. The quantitative estimate of drug-likeness (QED) is 0.571. The van der Waals surface area contributed by atoms with Crippen molar-refractivity contribution in [2.45, 2.75) is 51.1 Å². The van der Waals surface area contributed by atoms with Gasteiger partial charge >= 0.3 is 0 Å². The third-order valence-electron chi connectivity index (χ3n) is 5.64. The molecule has 8 nitrogen and oxygen atoms in total. The number of nitrogens with zero attached hydrogens (tertiary/aromatic N) is 2. The molecule has 3 rings (SSSR count). The Morgan fingerprint density at radius 3 is 2.50 bits per heavy atom. The van der Waals surface area contributed by atoms with Gasteiger partial charge in [-0.15, -0.1) is 11.3 Å². The summed E-state index contributed by atoms with van der Waals surface area (Å²) in [7, 11) is -2.36. The second-order valence-electron chi connectivity index (χ2n) is 8.61. The number of benzene rings is 1. The number of amides is 1. The molecule has 1 aliphatic rings. The Kier molecular flexibility index (Phi) is 8.26. The topological polar surface area (TPSA) is 101 Å². The third kappa shape index (κ3) is 6.50. The van der Waals surface area contributed by atoms with Gasteiger partial charge in [-0.2, -0.15) is 4.72 Å². The zero-order valence-corrected chi connectivity index (χ0v) is 20.6. The average molecular weight is 481 g/mol. The van der Waals surface area contributed by atoms with Crippen LogP contribution < -0.4 is 14.8 Å². The number of sulfonamides is 1. The van der Waals surface area contributed by atoms with Crippen LogP contribution in [0.25, 0.3) is 0 Å². The fourth-order valence-electron chi connectivity index (χ4n) is 3.55. The number of aromatic nitrogens is 1. The van der Waals surface area contributed by atoms with Gasteiger partial charge in [0.1, 0.15) is 11.8 Å². The first-order chi connectivity index (χ1) is 15.2. The van der Waals surface area contributed by atoms with Gasteiger partial charge in [-0.05, 0) is 62.0 Å². The van der Waals surface area contributed by atoms with Gasteiger partial charge in [0.15, 0.2) is 5.13 Å². The van der Waals surface area contributed by atoms with Crippen molar-refractivity contribution in [1.29, 1.82) is 0 Å². The monoisotopic (exact) mass is 480 g/mol. The molecule has 32 heavy (non-hydrogen) atoms. The minimum absolute atomic E-state index is 0.0733. The molecule has 1 aromatic heterocycles. The van der Waals surface area contributed by atoms with Crippen LogP contribution in [0.2, 0.25) is 0 Å². The molecule has 0 radical (unpaired) electrons. The Bertz CT molecular complexity index is 997. The van der Waals surface area contributed by atoms with E-state index in [2.05, 4.69) is 26.8 Å². The van der Waals surface area contributed by atoms with Crippen LogP contribution in [0.5, 0.6) is 5.75 Å². The maximum absolute atomic E-state index is 12.9. The smallest absolute Gasteiger partial charge is 0.244 e. The van der Waals surface area contributed by atoms with E-state index >= 15 is 0 Å². The number of piperidine rings is 1. The first kappa shape index (κ1) is 24.6. The van der Waals surface area contributed by atoms with Gasteiger partial charge in [0.2, 0.25) is 15.9 Å². The Morgan fingerprint density at radius 2 is 1.91 bits per heavy atom. The Labute approximate surface area is 194 Å². The second kappa shape index (κ2) is 10.7. The number of methoxy groups -OCH3 is 1. The molecule has 1 amide bonds. The molecule has 0 saturated carbocycles. The van der Waals surface area contributed by atoms with Crippen LogP contribution in [0.3, 0.4) is 0 Å². The van der Waals surface area contributed by atoms with Crippen LogP contribution in [0.15, 0.2) is 34.5 Å². The molecule has 2 aromatic rings. The Morgan fingerprint density at radius 1 is 1.25 bits per heavy atom. The first-order valence-corrected chi connectivity index (χ1v) is 13.2. The van der Waals surface area contributed by atoms with Crippen LogP contribution in [0.4, 0.5) is 5.13 Å². The normalized spacial score (nSPS) is 16.8. The summed E-state index contributed by atoms with van der Waals surface area (Å²) in [5.74, 6) is 0.648. The van der Waals surface area contributed by atoms with E-state index in [-0.39, 0.29) is 10.8 Å². The maximum atomic E-state index is 12.9. The summed E-state index contributed by atoms with van der Waals surface area (Å²) < 4.78 is 33.2. The van der Waals surface area contributed by atoms with Crippen molar-refractivity contribution < 1.29 is 17.9 Å². The van der Waals surface area contributed by atoms with Crippen molar-refractivity contribution in [3.8, 4) is 5.75 Å². The summed E-state index contributed by atoms with van der Waals surface area (Å²) in [5.41, 5.74) is 0.916. The van der Waals surface area contributed by atoms with Gasteiger partial charge in [0.05, 0.1) is 17.7 Å².